The van der Waals surface area contributed by atoms with Gasteiger partial charge in [0.1, 0.15) is 5.75 Å². The standard InChI is InChI=1S/C13H21NO/c1-10(2)15-13-6-4-5-12(8-13)7-11(3)9-14/h4-6,8,10-11H,7,9,14H2,1-3H3. The molecule has 15 heavy (non-hydrogen) atoms. The van der Waals surface area contributed by atoms with Gasteiger partial charge in [0, 0.05) is 0 Å². The number of hydrogen-bond donors (Lipinski definition) is 1. The molecule has 84 valence electrons. The van der Waals surface area contributed by atoms with Crippen molar-refractivity contribution < 1.29 is 4.74 Å². The minimum atomic E-state index is 0.229. The van der Waals surface area contributed by atoms with Gasteiger partial charge in [0.05, 0.1) is 6.10 Å². The van der Waals surface area contributed by atoms with E-state index in [0.29, 0.717) is 5.92 Å². The van der Waals surface area contributed by atoms with Crippen LogP contribution in [-0.4, -0.2) is 12.6 Å². The highest BCUT2D eigenvalue weighted by atomic mass is 16.5. The summed E-state index contributed by atoms with van der Waals surface area (Å²) in [5.74, 6) is 1.48. The average molecular weight is 207 g/mol. The molecule has 0 aromatic heterocycles. The van der Waals surface area contributed by atoms with Gasteiger partial charge in [-0.3, -0.25) is 0 Å². The lowest BCUT2D eigenvalue weighted by Crippen LogP contribution is -2.13. The average Bonchev–Trinajstić information content (AvgIpc) is 2.17. The molecule has 0 aliphatic carbocycles. The van der Waals surface area contributed by atoms with Crippen LogP contribution in [0.15, 0.2) is 24.3 Å². The molecular formula is C13H21NO. The van der Waals surface area contributed by atoms with Crippen LogP contribution in [0.25, 0.3) is 0 Å². The molecule has 0 amide bonds. The second kappa shape index (κ2) is 5.76. The van der Waals surface area contributed by atoms with E-state index in [-0.39, 0.29) is 6.10 Å². The molecule has 0 spiro atoms. The Bertz CT molecular complexity index is 296. The van der Waals surface area contributed by atoms with Crippen molar-refractivity contribution in [1.82, 2.24) is 0 Å². The first kappa shape index (κ1) is 12.1. The topological polar surface area (TPSA) is 35.2 Å². The van der Waals surface area contributed by atoms with Crippen LogP contribution in [0, 0.1) is 5.92 Å². The Hall–Kier alpha value is -1.02. The van der Waals surface area contributed by atoms with E-state index in [4.69, 9.17) is 10.5 Å². The maximum atomic E-state index is 5.64. The maximum absolute atomic E-state index is 5.64. The van der Waals surface area contributed by atoms with Gasteiger partial charge in [0.2, 0.25) is 0 Å². The monoisotopic (exact) mass is 207 g/mol. The molecule has 0 saturated carbocycles. The molecule has 0 radical (unpaired) electrons. The van der Waals surface area contributed by atoms with Gasteiger partial charge >= 0.3 is 0 Å². The minimum Gasteiger partial charge on any atom is -0.491 e. The first-order valence-corrected chi connectivity index (χ1v) is 5.57. The smallest absolute Gasteiger partial charge is 0.119 e. The molecule has 1 rings (SSSR count). The Kier molecular flexibility index (Phi) is 4.63. The highest BCUT2D eigenvalue weighted by Gasteiger charge is 2.03. The zero-order valence-electron chi connectivity index (χ0n) is 9.86. The summed E-state index contributed by atoms with van der Waals surface area (Å²) in [6, 6.07) is 8.26. The molecule has 0 aliphatic heterocycles. The highest BCUT2D eigenvalue weighted by molar-refractivity contribution is 5.28. The fourth-order valence-electron chi connectivity index (χ4n) is 1.50. The van der Waals surface area contributed by atoms with Crippen molar-refractivity contribution in [2.45, 2.75) is 33.3 Å². The minimum absolute atomic E-state index is 0.229. The van der Waals surface area contributed by atoms with Crippen LogP contribution in [0.1, 0.15) is 26.3 Å². The van der Waals surface area contributed by atoms with E-state index < -0.39 is 0 Å². The quantitative estimate of drug-likeness (QED) is 0.805. The molecule has 2 N–H and O–H groups in total. The molecule has 1 aromatic carbocycles. The van der Waals surface area contributed by atoms with Crippen LogP contribution in [0.5, 0.6) is 5.75 Å². The van der Waals surface area contributed by atoms with Gasteiger partial charge < -0.3 is 10.5 Å². The summed E-state index contributed by atoms with van der Waals surface area (Å²) in [5.41, 5.74) is 6.90. The van der Waals surface area contributed by atoms with E-state index in [1.807, 2.05) is 26.0 Å². The van der Waals surface area contributed by atoms with Gasteiger partial charge in [-0.2, -0.15) is 0 Å². The summed E-state index contributed by atoms with van der Waals surface area (Å²) in [5, 5.41) is 0. The Morgan fingerprint density at radius 2 is 2.00 bits per heavy atom. The molecule has 0 heterocycles. The van der Waals surface area contributed by atoms with Crippen LogP contribution in [0.3, 0.4) is 0 Å². The SMILES string of the molecule is CC(CN)Cc1cccc(OC(C)C)c1. The molecule has 1 unspecified atom stereocenters. The Balaban J connectivity index is 2.65. The summed E-state index contributed by atoms with van der Waals surface area (Å²) in [6.07, 6.45) is 1.25. The van der Waals surface area contributed by atoms with Crippen molar-refractivity contribution in [2.24, 2.45) is 11.7 Å². The summed E-state index contributed by atoms with van der Waals surface area (Å²) >= 11 is 0. The van der Waals surface area contributed by atoms with Gasteiger partial charge in [-0.05, 0) is 50.4 Å². The lowest BCUT2D eigenvalue weighted by molar-refractivity contribution is 0.242. The molecular weight excluding hydrogens is 186 g/mol. The Morgan fingerprint density at radius 1 is 1.27 bits per heavy atom. The molecule has 2 nitrogen and oxygen atoms in total. The lowest BCUT2D eigenvalue weighted by Gasteiger charge is -2.12. The largest absolute Gasteiger partial charge is 0.491 e. The molecule has 1 atom stereocenters. The number of nitrogens with two attached hydrogens (primary N) is 1. The molecule has 1 aromatic rings. The summed E-state index contributed by atoms with van der Waals surface area (Å²) in [4.78, 5) is 0. The van der Waals surface area contributed by atoms with Crippen LogP contribution in [0.4, 0.5) is 0 Å². The Morgan fingerprint density at radius 3 is 2.60 bits per heavy atom. The lowest BCUT2D eigenvalue weighted by atomic mass is 10.0. The molecule has 0 saturated heterocycles. The number of ether oxygens (including phenoxy) is 1. The molecule has 2 heteroatoms. The third kappa shape index (κ3) is 4.34. The maximum Gasteiger partial charge on any atom is 0.119 e. The van der Waals surface area contributed by atoms with Crippen molar-refractivity contribution in [2.75, 3.05) is 6.54 Å². The number of rotatable bonds is 5. The van der Waals surface area contributed by atoms with Gasteiger partial charge in [-0.15, -0.1) is 0 Å². The Labute approximate surface area is 92.4 Å². The van der Waals surface area contributed by atoms with E-state index >= 15 is 0 Å². The van der Waals surface area contributed by atoms with Crippen molar-refractivity contribution in [3.8, 4) is 5.75 Å². The normalized spacial score (nSPS) is 12.9. The predicted octanol–water partition coefficient (Wildman–Crippen LogP) is 2.61. The first-order valence-electron chi connectivity index (χ1n) is 5.57. The van der Waals surface area contributed by atoms with Gasteiger partial charge in [0.15, 0.2) is 0 Å². The zero-order valence-corrected chi connectivity index (χ0v) is 9.86. The molecule has 0 fully saturated rings. The fourth-order valence-corrected chi connectivity index (χ4v) is 1.50. The van der Waals surface area contributed by atoms with Crippen molar-refractivity contribution >= 4 is 0 Å². The summed E-state index contributed by atoms with van der Waals surface area (Å²) in [7, 11) is 0. The second-order valence-corrected chi connectivity index (χ2v) is 4.36. The third-order valence-electron chi connectivity index (χ3n) is 2.26. The second-order valence-electron chi connectivity index (χ2n) is 4.36. The van der Waals surface area contributed by atoms with Gasteiger partial charge in [0.25, 0.3) is 0 Å². The highest BCUT2D eigenvalue weighted by Crippen LogP contribution is 2.17. The fraction of sp³-hybridized carbons (Fsp3) is 0.538. The van der Waals surface area contributed by atoms with Crippen LogP contribution < -0.4 is 10.5 Å². The molecule has 0 aliphatic rings. The zero-order chi connectivity index (χ0) is 11.3. The van der Waals surface area contributed by atoms with Gasteiger partial charge in [-0.1, -0.05) is 19.1 Å². The van der Waals surface area contributed by atoms with Crippen LogP contribution in [0.2, 0.25) is 0 Å². The van der Waals surface area contributed by atoms with Crippen molar-refractivity contribution in [3.05, 3.63) is 29.8 Å². The third-order valence-corrected chi connectivity index (χ3v) is 2.26. The predicted molar refractivity (Wildman–Crippen MR) is 64.1 cm³/mol. The van der Waals surface area contributed by atoms with Crippen molar-refractivity contribution in [3.63, 3.8) is 0 Å². The number of hydrogen-bond acceptors (Lipinski definition) is 2. The molecule has 0 bridgehead atoms. The van der Waals surface area contributed by atoms with E-state index in [9.17, 15) is 0 Å². The first-order chi connectivity index (χ1) is 7.11. The van der Waals surface area contributed by atoms with E-state index in [1.165, 1.54) is 5.56 Å². The number of benzene rings is 1. The summed E-state index contributed by atoms with van der Waals surface area (Å²) < 4.78 is 5.64. The van der Waals surface area contributed by atoms with Crippen LogP contribution >= 0.6 is 0 Å². The van der Waals surface area contributed by atoms with Gasteiger partial charge in [-0.25, -0.2) is 0 Å². The van der Waals surface area contributed by atoms with Crippen LogP contribution in [-0.2, 0) is 6.42 Å². The summed E-state index contributed by atoms with van der Waals surface area (Å²) in [6.45, 7) is 6.97. The van der Waals surface area contributed by atoms with E-state index in [2.05, 4.69) is 19.1 Å². The van der Waals surface area contributed by atoms with Crippen molar-refractivity contribution in [1.29, 1.82) is 0 Å². The van der Waals surface area contributed by atoms with E-state index in [1.54, 1.807) is 0 Å². The van der Waals surface area contributed by atoms with E-state index in [0.717, 1.165) is 18.7 Å².